The molecule has 24 heavy (non-hydrogen) atoms. The molecule has 0 heterocycles. The van der Waals surface area contributed by atoms with Crippen molar-refractivity contribution < 1.29 is 13.3 Å². The molecular formula is C15H16BrN3O4S. The fraction of sp³-hybridized carbons (Fsp3) is 0.200. The topological polar surface area (TPSA) is 101 Å². The molecule has 9 heteroatoms. The van der Waals surface area contributed by atoms with Crippen LogP contribution in [0.5, 0.6) is 0 Å². The van der Waals surface area contributed by atoms with Gasteiger partial charge in [-0.15, -0.1) is 0 Å². The van der Waals surface area contributed by atoms with Crippen molar-refractivity contribution in [2.24, 2.45) is 0 Å². The maximum absolute atomic E-state index is 12.3. The van der Waals surface area contributed by atoms with Crippen molar-refractivity contribution in [1.82, 2.24) is 4.72 Å². The van der Waals surface area contributed by atoms with Crippen LogP contribution in [0.4, 0.5) is 11.4 Å². The van der Waals surface area contributed by atoms with Crippen LogP contribution >= 0.6 is 15.9 Å². The molecule has 0 amide bonds. The van der Waals surface area contributed by atoms with Crippen LogP contribution in [0.25, 0.3) is 0 Å². The summed E-state index contributed by atoms with van der Waals surface area (Å²) in [5, 5.41) is 13.6. The zero-order chi connectivity index (χ0) is 17.7. The third-order valence-corrected chi connectivity index (χ3v) is 5.36. The van der Waals surface area contributed by atoms with Crippen LogP contribution in [0.2, 0.25) is 0 Å². The first kappa shape index (κ1) is 18.4. The molecule has 2 rings (SSSR count). The smallest absolute Gasteiger partial charge is 0.269 e. The van der Waals surface area contributed by atoms with Crippen molar-refractivity contribution >= 4 is 37.3 Å². The molecule has 0 aliphatic rings. The van der Waals surface area contributed by atoms with Gasteiger partial charge in [-0.2, -0.15) is 0 Å². The van der Waals surface area contributed by atoms with Gasteiger partial charge < -0.3 is 5.32 Å². The van der Waals surface area contributed by atoms with Gasteiger partial charge in [-0.25, -0.2) is 13.1 Å². The Morgan fingerprint density at radius 2 is 1.79 bits per heavy atom. The maximum Gasteiger partial charge on any atom is 0.269 e. The van der Waals surface area contributed by atoms with E-state index in [4.69, 9.17) is 0 Å². The van der Waals surface area contributed by atoms with E-state index < -0.39 is 14.9 Å². The van der Waals surface area contributed by atoms with Gasteiger partial charge >= 0.3 is 0 Å². The second kappa shape index (κ2) is 7.73. The lowest BCUT2D eigenvalue weighted by Gasteiger charge is -2.11. The Balaban J connectivity index is 1.91. The van der Waals surface area contributed by atoms with E-state index in [9.17, 15) is 18.5 Å². The highest BCUT2D eigenvalue weighted by atomic mass is 79.9. The first-order chi connectivity index (χ1) is 11.3. The van der Waals surface area contributed by atoms with E-state index in [0.717, 1.165) is 0 Å². The van der Waals surface area contributed by atoms with Gasteiger partial charge in [-0.1, -0.05) is 22.0 Å². The van der Waals surface area contributed by atoms with Crippen molar-refractivity contribution in [2.75, 3.05) is 18.4 Å². The number of hydrogen-bond acceptors (Lipinski definition) is 5. The Kier molecular flexibility index (Phi) is 5.92. The summed E-state index contributed by atoms with van der Waals surface area (Å²) in [6, 6.07) is 11.0. The Hall–Kier alpha value is -1.97. The average molecular weight is 414 g/mol. The highest BCUT2D eigenvalue weighted by Gasteiger charge is 2.16. The minimum atomic E-state index is -3.60. The number of benzene rings is 2. The molecule has 0 saturated heterocycles. The fourth-order valence-corrected chi connectivity index (χ4v) is 3.85. The lowest BCUT2D eigenvalue weighted by atomic mass is 10.2. The normalized spacial score (nSPS) is 11.2. The van der Waals surface area contributed by atoms with Crippen LogP contribution < -0.4 is 10.0 Å². The number of aryl methyl sites for hydroxylation is 1. The largest absolute Gasteiger partial charge is 0.384 e. The fourth-order valence-electron chi connectivity index (χ4n) is 2.03. The molecule has 0 bridgehead atoms. The lowest BCUT2D eigenvalue weighted by molar-refractivity contribution is -0.384. The van der Waals surface area contributed by atoms with Crippen molar-refractivity contribution in [3.05, 3.63) is 62.6 Å². The molecule has 0 saturated carbocycles. The number of nitrogens with zero attached hydrogens (tertiary/aromatic N) is 1. The third-order valence-electron chi connectivity index (χ3n) is 3.26. The van der Waals surface area contributed by atoms with E-state index in [1.54, 1.807) is 37.3 Å². The number of nitrogens with one attached hydrogen (secondary N) is 2. The van der Waals surface area contributed by atoms with Gasteiger partial charge in [0.25, 0.3) is 5.69 Å². The van der Waals surface area contributed by atoms with E-state index in [1.165, 1.54) is 12.1 Å². The summed E-state index contributed by atoms with van der Waals surface area (Å²) in [6.45, 7) is 2.27. The van der Waals surface area contributed by atoms with Gasteiger partial charge in [0.1, 0.15) is 0 Å². The molecule has 0 fully saturated rings. The number of hydrogen-bond donors (Lipinski definition) is 2. The first-order valence-corrected chi connectivity index (χ1v) is 9.31. The van der Waals surface area contributed by atoms with Crippen molar-refractivity contribution in [3.63, 3.8) is 0 Å². The number of sulfonamides is 1. The Morgan fingerprint density at radius 3 is 2.42 bits per heavy atom. The van der Waals surface area contributed by atoms with Gasteiger partial charge in [0.15, 0.2) is 0 Å². The SMILES string of the molecule is Cc1ccc(Br)cc1S(=O)(=O)NCCNc1ccc([N+](=O)[O-])cc1. The summed E-state index contributed by atoms with van der Waals surface area (Å²) in [5.41, 5.74) is 1.35. The second-order valence-corrected chi connectivity index (χ2v) is 7.69. The molecule has 2 aromatic rings. The Labute approximate surface area is 148 Å². The van der Waals surface area contributed by atoms with E-state index >= 15 is 0 Å². The van der Waals surface area contributed by atoms with E-state index in [1.807, 2.05) is 0 Å². The number of nitro groups is 1. The molecule has 0 radical (unpaired) electrons. The molecule has 0 atom stereocenters. The van der Waals surface area contributed by atoms with Crippen molar-refractivity contribution in [2.45, 2.75) is 11.8 Å². The summed E-state index contributed by atoms with van der Waals surface area (Å²) in [6.07, 6.45) is 0. The van der Waals surface area contributed by atoms with Crippen LogP contribution in [-0.2, 0) is 10.0 Å². The minimum Gasteiger partial charge on any atom is -0.384 e. The molecule has 0 aromatic heterocycles. The van der Waals surface area contributed by atoms with Crippen LogP contribution in [0.15, 0.2) is 51.8 Å². The molecule has 7 nitrogen and oxygen atoms in total. The predicted molar refractivity (Wildman–Crippen MR) is 95.7 cm³/mol. The molecule has 0 unspecified atom stereocenters. The van der Waals surface area contributed by atoms with Crippen LogP contribution in [0, 0.1) is 17.0 Å². The number of nitro benzene ring substituents is 1. The summed E-state index contributed by atoms with van der Waals surface area (Å²) >= 11 is 3.26. The Morgan fingerprint density at radius 1 is 1.12 bits per heavy atom. The molecule has 0 spiro atoms. The van der Waals surface area contributed by atoms with Crippen LogP contribution in [-0.4, -0.2) is 26.4 Å². The van der Waals surface area contributed by atoms with Gasteiger partial charge in [0.05, 0.1) is 9.82 Å². The minimum absolute atomic E-state index is 0.00591. The standard InChI is InChI=1S/C15H16BrN3O4S/c1-11-2-3-12(16)10-15(11)24(22,23)18-9-8-17-13-4-6-14(7-5-13)19(20)21/h2-7,10,17-18H,8-9H2,1H3. The molecule has 128 valence electrons. The predicted octanol–water partition coefficient (Wildman–Crippen LogP) is 3.06. The van der Waals surface area contributed by atoms with Gasteiger partial charge in [-0.05, 0) is 36.8 Å². The lowest BCUT2D eigenvalue weighted by Crippen LogP contribution is -2.29. The number of rotatable bonds is 7. The third kappa shape index (κ3) is 4.76. The van der Waals surface area contributed by atoms with Gasteiger partial charge in [0, 0.05) is 35.4 Å². The zero-order valence-electron chi connectivity index (χ0n) is 12.8. The molecule has 0 aliphatic carbocycles. The quantitative estimate of drug-likeness (QED) is 0.412. The van der Waals surface area contributed by atoms with Crippen molar-refractivity contribution in [1.29, 1.82) is 0 Å². The van der Waals surface area contributed by atoms with E-state index in [2.05, 4.69) is 26.0 Å². The number of non-ortho nitro benzene ring substituents is 1. The Bertz CT molecular complexity index is 838. The highest BCUT2D eigenvalue weighted by molar-refractivity contribution is 9.10. The second-order valence-electron chi connectivity index (χ2n) is 5.04. The molecule has 0 aliphatic heterocycles. The van der Waals surface area contributed by atoms with Crippen LogP contribution in [0.1, 0.15) is 5.56 Å². The highest BCUT2D eigenvalue weighted by Crippen LogP contribution is 2.20. The van der Waals surface area contributed by atoms with Crippen LogP contribution in [0.3, 0.4) is 0 Å². The van der Waals surface area contributed by atoms with E-state index in [-0.39, 0.29) is 17.1 Å². The molecule has 2 N–H and O–H groups in total. The summed E-state index contributed by atoms with van der Waals surface area (Å²) in [4.78, 5) is 10.3. The number of anilines is 1. The maximum atomic E-state index is 12.3. The summed E-state index contributed by atoms with van der Waals surface area (Å²) in [7, 11) is -3.60. The summed E-state index contributed by atoms with van der Waals surface area (Å²) in [5.74, 6) is 0. The molecule has 2 aromatic carbocycles. The van der Waals surface area contributed by atoms with Crippen molar-refractivity contribution in [3.8, 4) is 0 Å². The van der Waals surface area contributed by atoms with Gasteiger partial charge in [0.2, 0.25) is 10.0 Å². The molecular weight excluding hydrogens is 398 g/mol. The average Bonchev–Trinajstić information content (AvgIpc) is 2.54. The first-order valence-electron chi connectivity index (χ1n) is 7.04. The van der Waals surface area contributed by atoms with Gasteiger partial charge in [-0.3, -0.25) is 10.1 Å². The number of halogens is 1. The summed E-state index contributed by atoms with van der Waals surface area (Å²) < 4.78 is 27.8. The zero-order valence-corrected chi connectivity index (χ0v) is 15.2. The monoisotopic (exact) mass is 413 g/mol. The van der Waals surface area contributed by atoms with E-state index in [0.29, 0.717) is 22.3 Å².